The van der Waals surface area contributed by atoms with Gasteiger partial charge < -0.3 is 21.8 Å². The summed E-state index contributed by atoms with van der Waals surface area (Å²) >= 11 is 0. The van der Waals surface area contributed by atoms with Gasteiger partial charge in [-0.15, -0.1) is 0 Å². The molecule has 0 saturated heterocycles. The summed E-state index contributed by atoms with van der Waals surface area (Å²) in [6.07, 6.45) is 5.66. The van der Waals surface area contributed by atoms with Gasteiger partial charge in [-0.05, 0) is 48.2 Å². The van der Waals surface area contributed by atoms with Gasteiger partial charge in [-0.1, -0.05) is 54.6 Å². The Labute approximate surface area is 216 Å². The number of aromatic amines is 1. The molecule has 0 aliphatic carbocycles. The average molecular weight is 494 g/mol. The minimum Gasteiger partial charge on any atom is -0.404 e. The molecule has 3 aromatic carbocycles. The first-order valence-electron chi connectivity index (χ1n) is 12.1. The molecular weight excluding hydrogens is 462 g/mol. The van der Waals surface area contributed by atoms with Gasteiger partial charge in [0, 0.05) is 59.8 Å². The van der Waals surface area contributed by atoms with E-state index in [1.165, 1.54) is 6.20 Å². The van der Waals surface area contributed by atoms with Gasteiger partial charge in [-0.2, -0.15) is 0 Å². The molecule has 1 amide bonds. The molecule has 188 valence electrons. The van der Waals surface area contributed by atoms with Crippen LogP contribution in [0.3, 0.4) is 0 Å². The standard InChI is InChI=1S/C30H31N5O2/c1-30(24-6-4-3-5-7-24,35-15-14-20-8-10-21(11-9-20)29(32)37)28(36)26-19-34-27-16-22(12-13-25(26)27)23(17-31)18-33-2/h3-13,16-19,34-35H,14-15,31H2,1-2H3,(H2,32,37)/t30-/m0/s1. The molecule has 0 spiro atoms. The normalized spacial score (nSPS) is 13.6. The SMILES string of the molecule is CN=CC(=CN)c1ccc2c(C(=O)[C@@](C)(NCCc3ccc(C(N)=O)cc3)c3ccccc3)c[nH]c2c1. The van der Waals surface area contributed by atoms with Gasteiger partial charge in [-0.25, -0.2) is 0 Å². The van der Waals surface area contributed by atoms with Crippen molar-refractivity contribution in [1.29, 1.82) is 0 Å². The highest BCUT2D eigenvalue weighted by Crippen LogP contribution is 2.30. The monoisotopic (exact) mass is 493 g/mol. The number of H-pyrrole nitrogens is 1. The van der Waals surface area contributed by atoms with Gasteiger partial charge in [0.1, 0.15) is 5.54 Å². The first-order chi connectivity index (χ1) is 17.9. The Morgan fingerprint density at radius 2 is 1.73 bits per heavy atom. The van der Waals surface area contributed by atoms with E-state index in [2.05, 4.69) is 15.3 Å². The number of primary amides is 1. The lowest BCUT2D eigenvalue weighted by Crippen LogP contribution is -2.47. The Morgan fingerprint density at radius 1 is 1.03 bits per heavy atom. The van der Waals surface area contributed by atoms with Crippen molar-refractivity contribution in [1.82, 2.24) is 10.3 Å². The molecule has 0 radical (unpaired) electrons. The molecule has 4 aromatic rings. The molecule has 6 N–H and O–H groups in total. The van der Waals surface area contributed by atoms with E-state index in [-0.39, 0.29) is 5.78 Å². The van der Waals surface area contributed by atoms with Gasteiger partial charge in [-0.3, -0.25) is 14.6 Å². The minimum atomic E-state index is -0.959. The Morgan fingerprint density at radius 3 is 2.38 bits per heavy atom. The average Bonchev–Trinajstić information content (AvgIpc) is 3.35. The second-order valence-corrected chi connectivity index (χ2v) is 9.03. The third kappa shape index (κ3) is 5.37. The van der Waals surface area contributed by atoms with Crippen molar-refractivity contribution < 1.29 is 9.59 Å². The van der Waals surface area contributed by atoms with Crippen LogP contribution in [0.1, 0.15) is 44.3 Å². The van der Waals surface area contributed by atoms with Crippen LogP contribution >= 0.6 is 0 Å². The molecule has 0 saturated carbocycles. The molecular formula is C30H31N5O2. The predicted octanol–water partition coefficient (Wildman–Crippen LogP) is 4.20. The quantitative estimate of drug-likeness (QED) is 0.195. The van der Waals surface area contributed by atoms with Crippen LogP contribution in [-0.4, -0.2) is 36.5 Å². The maximum atomic E-state index is 14.1. The smallest absolute Gasteiger partial charge is 0.248 e. The van der Waals surface area contributed by atoms with Crippen LogP contribution in [0.4, 0.5) is 0 Å². The Kier molecular flexibility index (Phi) is 7.65. The molecule has 0 bridgehead atoms. The molecule has 0 aliphatic heterocycles. The van der Waals surface area contributed by atoms with Crippen LogP contribution < -0.4 is 16.8 Å². The molecule has 0 aliphatic rings. The van der Waals surface area contributed by atoms with Crippen LogP contribution in [0, 0.1) is 0 Å². The number of nitrogens with two attached hydrogens (primary N) is 2. The topological polar surface area (TPSA) is 126 Å². The van der Waals surface area contributed by atoms with E-state index in [9.17, 15) is 9.59 Å². The van der Waals surface area contributed by atoms with Crippen molar-refractivity contribution in [2.24, 2.45) is 16.5 Å². The van der Waals surface area contributed by atoms with Crippen molar-refractivity contribution in [2.45, 2.75) is 18.9 Å². The molecule has 1 heterocycles. The first-order valence-corrected chi connectivity index (χ1v) is 12.1. The molecule has 7 heteroatoms. The van der Waals surface area contributed by atoms with Crippen LogP contribution in [-0.2, 0) is 12.0 Å². The largest absolute Gasteiger partial charge is 0.404 e. The number of amides is 1. The summed E-state index contributed by atoms with van der Waals surface area (Å²) in [7, 11) is 1.70. The van der Waals surface area contributed by atoms with Gasteiger partial charge in [0.25, 0.3) is 0 Å². The number of fused-ring (bicyclic) bond motifs is 1. The number of aromatic nitrogens is 1. The first kappa shape index (κ1) is 25.6. The molecule has 1 atom stereocenters. The van der Waals surface area contributed by atoms with Crippen molar-refractivity contribution in [2.75, 3.05) is 13.6 Å². The van der Waals surface area contributed by atoms with Gasteiger partial charge >= 0.3 is 0 Å². The maximum Gasteiger partial charge on any atom is 0.248 e. The lowest BCUT2D eigenvalue weighted by atomic mass is 9.83. The number of carbonyl (C=O) groups is 2. The van der Waals surface area contributed by atoms with E-state index in [0.29, 0.717) is 24.1 Å². The number of benzene rings is 3. The number of aliphatic imine (C=N–C) groups is 1. The third-order valence-electron chi connectivity index (χ3n) is 6.64. The van der Waals surface area contributed by atoms with Crippen LogP contribution in [0.2, 0.25) is 0 Å². The van der Waals surface area contributed by atoms with Crippen molar-refractivity contribution >= 4 is 34.4 Å². The second kappa shape index (κ2) is 11.1. The van der Waals surface area contributed by atoms with Crippen LogP contribution in [0.5, 0.6) is 0 Å². The zero-order valence-corrected chi connectivity index (χ0v) is 21.0. The number of allylic oxidation sites excluding steroid dienone is 1. The van der Waals surface area contributed by atoms with E-state index in [0.717, 1.165) is 33.2 Å². The highest BCUT2D eigenvalue weighted by Gasteiger charge is 2.36. The number of carbonyl (C=O) groups excluding carboxylic acids is 2. The Balaban J connectivity index is 1.62. The summed E-state index contributed by atoms with van der Waals surface area (Å²) in [5, 5.41) is 4.35. The number of rotatable bonds is 10. The number of hydrogen-bond donors (Lipinski definition) is 4. The zero-order valence-electron chi connectivity index (χ0n) is 21.0. The van der Waals surface area contributed by atoms with E-state index >= 15 is 0 Å². The lowest BCUT2D eigenvalue weighted by molar-refractivity contribution is 0.0866. The predicted molar refractivity (Wildman–Crippen MR) is 150 cm³/mol. The molecule has 0 unspecified atom stereocenters. The van der Waals surface area contributed by atoms with E-state index in [1.807, 2.05) is 67.6 Å². The van der Waals surface area contributed by atoms with Gasteiger partial charge in [0.15, 0.2) is 5.78 Å². The highest BCUT2D eigenvalue weighted by atomic mass is 16.1. The minimum absolute atomic E-state index is 0.0357. The summed E-state index contributed by atoms with van der Waals surface area (Å²) in [5.74, 6) is -0.488. The molecule has 37 heavy (non-hydrogen) atoms. The van der Waals surface area contributed by atoms with E-state index in [4.69, 9.17) is 11.5 Å². The number of ketones is 1. The van der Waals surface area contributed by atoms with Crippen LogP contribution in [0.25, 0.3) is 16.5 Å². The van der Waals surface area contributed by atoms with Crippen LogP contribution in [0.15, 0.2) is 90.2 Å². The second-order valence-electron chi connectivity index (χ2n) is 9.03. The summed E-state index contributed by atoms with van der Waals surface area (Å²) in [6.45, 7) is 2.47. The lowest BCUT2D eigenvalue weighted by Gasteiger charge is -2.30. The Bertz CT molecular complexity index is 1470. The Hall–Kier alpha value is -4.49. The molecule has 7 nitrogen and oxygen atoms in total. The highest BCUT2D eigenvalue weighted by molar-refractivity contribution is 6.14. The number of nitrogens with one attached hydrogen (secondary N) is 2. The molecule has 1 aromatic heterocycles. The van der Waals surface area contributed by atoms with Crippen molar-refractivity contribution in [3.05, 3.63) is 113 Å². The number of nitrogens with zero attached hydrogens (tertiary/aromatic N) is 1. The number of Topliss-reactive ketones (excluding diaryl/α,β-unsaturated/α-hetero) is 1. The van der Waals surface area contributed by atoms with E-state index in [1.54, 1.807) is 31.6 Å². The third-order valence-corrected chi connectivity index (χ3v) is 6.64. The van der Waals surface area contributed by atoms with E-state index < -0.39 is 11.4 Å². The van der Waals surface area contributed by atoms with Crippen molar-refractivity contribution in [3.63, 3.8) is 0 Å². The summed E-state index contributed by atoms with van der Waals surface area (Å²) in [4.78, 5) is 32.8. The zero-order chi connectivity index (χ0) is 26.4. The van der Waals surface area contributed by atoms with Crippen molar-refractivity contribution in [3.8, 4) is 0 Å². The van der Waals surface area contributed by atoms with Gasteiger partial charge in [0.2, 0.25) is 5.91 Å². The fraction of sp³-hybridized carbons (Fsp3) is 0.167. The summed E-state index contributed by atoms with van der Waals surface area (Å²) < 4.78 is 0. The van der Waals surface area contributed by atoms with Gasteiger partial charge in [0.05, 0.1) is 0 Å². The summed E-state index contributed by atoms with van der Waals surface area (Å²) in [5.41, 5.74) is 15.7. The fourth-order valence-electron chi connectivity index (χ4n) is 4.49. The molecule has 4 rings (SSSR count). The summed E-state index contributed by atoms with van der Waals surface area (Å²) in [6, 6.07) is 22.8. The fourth-order valence-corrected chi connectivity index (χ4v) is 4.49. The maximum absolute atomic E-state index is 14.1. The number of hydrogen-bond acceptors (Lipinski definition) is 5. The molecule has 0 fully saturated rings.